The number of rotatable bonds is 0. The van der Waals surface area contributed by atoms with Gasteiger partial charge in [0.2, 0.25) is 0 Å². The fraction of sp³-hybridized carbons (Fsp3) is 1.00. The van der Waals surface area contributed by atoms with Gasteiger partial charge >= 0.3 is 0 Å². The van der Waals surface area contributed by atoms with Crippen LogP contribution in [0.1, 0.15) is 12.8 Å². The molecule has 0 amide bonds. The molecule has 10 atom stereocenters. The Kier molecular flexibility index (Phi) is 0.604. The minimum Gasteiger partial charge on any atom is -0.369 e. The standard InChI is InChI=1S/C12H12O3/c1-3-7-8(13-7)4(1)12-6-2-5(9-10(6)14-9)11(3,12)15-12/h3-10H,1-2H2/t3-,4-,5-,6+,7-,8-,9-,10+,11?,12?/m1/s1. The number of hydrogen-bond donors (Lipinski definition) is 0. The van der Waals surface area contributed by atoms with Crippen LogP contribution in [0.2, 0.25) is 0 Å². The molecule has 15 heavy (non-hydrogen) atoms. The fourth-order valence-corrected chi connectivity index (χ4v) is 6.59. The SMILES string of the molecule is C1[C@@H]2[C@H]3O[C@@H]3[C@@H]1C13OC21[C@@H]1C[C@H]3[C@@H]2O[C@@H]21. The van der Waals surface area contributed by atoms with Crippen LogP contribution in [0.15, 0.2) is 0 Å². The second-order valence-electron chi connectivity index (χ2n) is 6.72. The summed E-state index contributed by atoms with van der Waals surface area (Å²) >= 11 is 0. The van der Waals surface area contributed by atoms with E-state index in [9.17, 15) is 0 Å². The van der Waals surface area contributed by atoms with Crippen molar-refractivity contribution >= 4 is 0 Å². The summed E-state index contributed by atoms with van der Waals surface area (Å²) in [6.07, 6.45) is 5.15. The number of hydrogen-bond acceptors (Lipinski definition) is 3. The van der Waals surface area contributed by atoms with E-state index in [1.165, 1.54) is 12.8 Å². The molecule has 2 unspecified atom stereocenters. The molecule has 0 aromatic carbocycles. The molecule has 3 heterocycles. The van der Waals surface area contributed by atoms with Crippen molar-refractivity contribution in [3.8, 4) is 0 Å². The Morgan fingerprint density at radius 2 is 1.07 bits per heavy atom. The van der Waals surface area contributed by atoms with Gasteiger partial charge in [0, 0.05) is 23.7 Å². The molecule has 7 aliphatic rings. The quantitative estimate of drug-likeness (QED) is 0.534. The van der Waals surface area contributed by atoms with Gasteiger partial charge in [0.1, 0.15) is 11.2 Å². The van der Waals surface area contributed by atoms with Crippen LogP contribution in [0.4, 0.5) is 0 Å². The van der Waals surface area contributed by atoms with Crippen molar-refractivity contribution in [2.75, 3.05) is 0 Å². The molecule has 78 valence electrons. The summed E-state index contributed by atoms with van der Waals surface area (Å²) in [5, 5.41) is 0. The van der Waals surface area contributed by atoms with Gasteiger partial charge in [-0.25, -0.2) is 0 Å². The van der Waals surface area contributed by atoms with Crippen LogP contribution in [0.3, 0.4) is 0 Å². The van der Waals surface area contributed by atoms with E-state index in [0.29, 0.717) is 24.4 Å². The van der Waals surface area contributed by atoms with E-state index in [4.69, 9.17) is 14.2 Å². The van der Waals surface area contributed by atoms with Gasteiger partial charge in [-0.2, -0.15) is 0 Å². The van der Waals surface area contributed by atoms with Gasteiger partial charge in [-0.3, -0.25) is 0 Å². The maximum atomic E-state index is 6.38. The van der Waals surface area contributed by atoms with Crippen LogP contribution >= 0.6 is 0 Å². The lowest BCUT2D eigenvalue weighted by atomic mass is 9.71. The van der Waals surface area contributed by atoms with Crippen molar-refractivity contribution in [1.29, 1.82) is 0 Å². The van der Waals surface area contributed by atoms with Crippen LogP contribution < -0.4 is 0 Å². The molecule has 7 fully saturated rings. The smallest absolute Gasteiger partial charge is 0.109 e. The third kappa shape index (κ3) is 0.369. The van der Waals surface area contributed by atoms with E-state index in [1.807, 2.05) is 0 Å². The van der Waals surface area contributed by atoms with E-state index >= 15 is 0 Å². The number of epoxide rings is 3. The molecule has 3 saturated heterocycles. The third-order valence-corrected chi connectivity index (χ3v) is 6.84. The molecule has 0 aromatic heterocycles. The van der Waals surface area contributed by atoms with Gasteiger partial charge in [-0.05, 0) is 12.8 Å². The molecule has 0 radical (unpaired) electrons. The molecule has 4 bridgehead atoms. The van der Waals surface area contributed by atoms with Crippen LogP contribution in [0, 0.1) is 23.7 Å². The van der Waals surface area contributed by atoms with E-state index in [1.54, 1.807) is 0 Å². The summed E-state index contributed by atoms with van der Waals surface area (Å²) in [5.74, 6) is 2.97. The van der Waals surface area contributed by atoms with Crippen LogP contribution in [0.5, 0.6) is 0 Å². The molecule has 4 aliphatic carbocycles. The Morgan fingerprint density at radius 1 is 0.667 bits per heavy atom. The number of ether oxygens (including phenoxy) is 3. The Balaban J connectivity index is 1.57. The zero-order valence-corrected chi connectivity index (χ0v) is 8.26. The normalized spacial score (nSPS) is 91.2. The first-order chi connectivity index (χ1) is 7.38. The van der Waals surface area contributed by atoms with Crippen molar-refractivity contribution in [3.63, 3.8) is 0 Å². The molecular weight excluding hydrogens is 192 g/mol. The molecule has 3 heteroatoms. The van der Waals surface area contributed by atoms with Crippen molar-refractivity contribution in [2.45, 2.75) is 48.5 Å². The van der Waals surface area contributed by atoms with Crippen LogP contribution in [-0.4, -0.2) is 35.6 Å². The molecule has 3 nitrogen and oxygen atoms in total. The summed E-state index contributed by atoms with van der Waals surface area (Å²) in [6, 6.07) is 0. The van der Waals surface area contributed by atoms with Gasteiger partial charge in [0.25, 0.3) is 0 Å². The Morgan fingerprint density at radius 3 is 1.47 bits per heavy atom. The molecule has 7 rings (SSSR count). The zero-order chi connectivity index (χ0) is 9.15. The second-order valence-corrected chi connectivity index (χ2v) is 6.72. The molecule has 0 N–H and O–H groups in total. The first kappa shape index (κ1) is 6.58. The Hall–Kier alpha value is -0.120. The van der Waals surface area contributed by atoms with Crippen molar-refractivity contribution in [2.24, 2.45) is 23.7 Å². The largest absolute Gasteiger partial charge is 0.369 e. The lowest BCUT2D eigenvalue weighted by Gasteiger charge is -2.23. The first-order valence-electron chi connectivity index (χ1n) is 6.39. The average Bonchev–Trinajstić information content (AvgIpc) is 3.20. The summed E-state index contributed by atoms with van der Waals surface area (Å²) in [7, 11) is 0. The molecular formula is C12H12O3. The summed E-state index contributed by atoms with van der Waals surface area (Å²) in [4.78, 5) is 0. The van der Waals surface area contributed by atoms with E-state index < -0.39 is 0 Å². The topological polar surface area (TPSA) is 37.6 Å². The Bertz CT molecular complexity index is 378. The van der Waals surface area contributed by atoms with Crippen molar-refractivity contribution < 1.29 is 14.2 Å². The fourth-order valence-electron chi connectivity index (χ4n) is 6.59. The highest BCUT2D eigenvalue weighted by Crippen LogP contribution is 2.88. The van der Waals surface area contributed by atoms with Gasteiger partial charge in [-0.15, -0.1) is 0 Å². The third-order valence-electron chi connectivity index (χ3n) is 6.84. The molecule has 4 saturated carbocycles. The summed E-state index contributed by atoms with van der Waals surface area (Å²) < 4.78 is 18.0. The van der Waals surface area contributed by atoms with E-state index in [2.05, 4.69) is 0 Å². The van der Waals surface area contributed by atoms with Gasteiger partial charge in [-0.1, -0.05) is 0 Å². The maximum Gasteiger partial charge on any atom is 0.109 e. The highest BCUT2D eigenvalue weighted by molar-refractivity contribution is 5.47. The lowest BCUT2D eigenvalue weighted by molar-refractivity contribution is 0.0135. The number of fused-ring (bicyclic) bond motifs is 10. The Labute approximate surface area is 87.1 Å². The van der Waals surface area contributed by atoms with Gasteiger partial charge in [0.15, 0.2) is 0 Å². The van der Waals surface area contributed by atoms with E-state index in [-0.39, 0.29) is 11.2 Å². The summed E-state index contributed by atoms with van der Waals surface area (Å²) in [6.45, 7) is 0. The molecule has 0 aromatic rings. The zero-order valence-electron chi connectivity index (χ0n) is 8.26. The average molecular weight is 204 g/mol. The predicted molar refractivity (Wildman–Crippen MR) is 47.1 cm³/mol. The molecule has 3 aliphatic heterocycles. The summed E-state index contributed by atoms with van der Waals surface area (Å²) in [5.41, 5.74) is 0.523. The monoisotopic (exact) mass is 204 g/mol. The highest BCUT2D eigenvalue weighted by atomic mass is 16.7. The minimum atomic E-state index is 0.262. The van der Waals surface area contributed by atoms with Crippen LogP contribution in [0.25, 0.3) is 0 Å². The first-order valence-corrected chi connectivity index (χ1v) is 6.39. The highest BCUT2D eigenvalue weighted by Gasteiger charge is 3.00. The van der Waals surface area contributed by atoms with E-state index in [0.717, 1.165) is 23.7 Å². The van der Waals surface area contributed by atoms with Gasteiger partial charge in [0.05, 0.1) is 24.4 Å². The maximum absolute atomic E-state index is 6.38. The van der Waals surface area contributed by atoms with Crippen molar-refractivity contribution in [1.82, 2.24) is 0 Å². The predicted octanol–water partition coefficient (Wildman–Crippen LogP) is 0.328. The molecule has 0 spiro atoms. The second kappa shape index (κ2) is 1.38. The van der Waals surface area contributed by atoms with Gasteiger partial charge < -0.3 is 14.2 Å². The minimum absolute atomic E-state index is 0.262. The van der Waals surface area contributed by atoms with Crippen LogP contribution in [-0.2, 0) is 14.2 Å². The lowest BCUT2D eigenvalue weighted by Crippen LogP contribution is -2.44. The van der Waals surface area contributed by atoms with Crippen molar-refractivity contribution in [3.05, 3.63) is 0 Å².